The molecule has 0 fully saturated rings. The lowest BCUT2D eigenvalue weighted by atomic mass is 10.1. The molecule has 6 nitrogen and oxygen atoms in total. The van der Waals surface area contributed by atoms with E-state index in [1.54, 1.807) is 30.6 Å². The molecule has 1 unspecified atom stereocenters. The molecular formula is C15H18N4O2. The molecular weight excluding hydrogens is 268 g/mol. The van der Waals surface area contributed by atoms with E-state index in [9.17, 15) is 10.1 Å². The van der Waals surface area contributed by atoms with Crippen molar-refractivity contribution in [3.63, 3.8) is 0 Å². The normalized spacial score (nSPS) is 11.8. The zero-order valence-corrected chi connectivity index (χ0v) is 12.3. The molecule has 0 aliphatic heterocycles. The number of anilines is 2. The Hall–Kier alpha value is -2.63. The molecule has 2 aromatic rings. The molecule has 0 aliphatic rings. The summed E-state index contributed by atoms with van der Waals surface area (Å²) >= 11 is 0. The Labute approximate surface area is 123 Å². The summed E-state index contributed by atoms with van der Waals surface area (Å²) in [5, 5.41) is 14.4. The van der Waals surface area contributed by atoms with Gasteiger partial charge in [0.2, 0.25) is 0 Å². The molecule has 1 heterocycles. The smallest absolute Gasteiger partial charge is 0.274 e. The number of para-hydroxylation sites is 1. The first-order chi connectivity index (χ1) is 10.0. The topological polar surface area (TPSA) is 71.3 Å². The standard InChI is InChI=1S/C15H18N4O2/c1-11(12-6-4-5-7-14(12)19(20)21)17-13-10-16-9-8-15(13)18(2)3/h4-11,17H,1-3H3. The van der Waals surface area contributed by atoms with Crippen LogP contribution in [0.1, 0.15) is 18.5 Å². The first-order valence-electron chi connectivity index (χ1n) is 6.62. The highest BCUT2D eigenvalue weighted by molar-refractivity contribution is 5.69. The Morgan fingerprint density at radius 2 is 2.00 bits per heavy atom. The van der Waals surface area contributed by atoms with Gasteiger partial charge in [-0.15, -0.1) is 0 Å². The minimum Gasteiger partial charge on any atom is -0.376 e. The molecule has 0 bridgehead atoms. The molecule has 0 spiro atoms. The third-order valence-electron chi connectivity index (χ3n) is 3.25. The highest BCUT2D eigenvalue weighted by Gasteiger charge is 2.19. The first-order valence-corrected chi connectivity index (χ1v) is 6.62. The van der Waals surface area contributed by atoms with Crippen molar-refractivity contribution in [3.05, 3.63) is 58.4 Å². The summed E-state index contributed by atoms with van der Waals surface area (Å²) in [5.41, 5.74) is 2.59. The maximum Gasteiger partial charge on any atom is 0.274 e. The Morgan fingerprint density at radius 3 is 2.67 bits per heavy atom. The molecule has 6 heteroatoms. The number of hydrogen-bond acceptors (Lipinski definition) is 5. The number of aromatic nitrogens is 1. The zero-order valence-electron chi connectivity index (χ0n) is 12.3. The quantitative estimate of drug-likeness (QED) is 0.675. The largest absolute Gasteiger partial charge is 0.376 e. The minimum absolute atomic E-state index is 0.118. The summed E-state index contributed by atoms with van der Waals surface area (Å²) in [6.07, 6.45) is 3.44. The fourth-order valence-corrected chi connectivity index (χ4v) is 2.22. The van der Waals surface area contributed by atoms with Crippen LogP contribution in [0.3, 0.4) is 0 Å². The van der Waals surface area contributed by atoms with Gasteiger partial charge >= 0.3 is 0 Å². The summed E-state index contributed by atoms with van der Waals surface area (Å²) in [4.78, 5) is 16.8. The molecule has 0 saturated heterocycles. The van der Waals surface area contributed by atoms with Crippen molar-refractivity contribution in [3.8, 4) is 0 Å². The van der Waals surface area contributed by atoms with E-state index in [-0.39, 0.29) is 16.7 Å². The summed E-state index contributed by atoms with van der Waals surface area (Å²) in [6.45, 7) is 1.90. The minimum atomic E-state index is -0.358. The first kappa shape index (κ1) is 14.8. The molecule has 0 aliphatic carbocycles. The lowest BCUT2D eigenvalue weighted by Crippen LogP contribution is -2.15. The van der Waals surface area contributed by atoms with E-state index in [2.05, 4.69) is 10.3 Å². The van der Waals surface area contributed by atoms with Gasteiger partial charge in [-0.2, -0.15) is 0 Å². The summed E-state index contributed by atoms with van der Waals surface area (Å²) in [7, 11) is 3.88. The fraction of sp³-hybridized carbons (Fsp3) is 0.267. The van der Waals surface area contributed by atoms with Crippen molar-refractivity contribution >= 4 is 17.1 Å². The Morgan fingerprint density at radius 1 is 1.29 bits per heavy atom. The number of nitro groups is 1. The molecule has 2 rings (SSSR count). The SMILES string of the molecule is CC(Nc1cnccc1N(C)C)c1ccccc1[N+](=O)[O-]. The number of rotatable bonds is 5. The van der Waals surface area contributed by atoms with Crippen LogP contribution in [0.4, 0.5) is 17.1 Å². The van der Waals surface area contributed by atoms with Gasteiger partial charge in [0.25, 0.3) is 5.69 Å². The molecule has 1 atom stereocenters. The second-order valence-corrected chi connectivity index (χ2v) is 4.97. The van der Waals surface area contributed by atoms with Crippen LogP contribution in [-0.4, -0.2) is 24.0 Å². The van der Waals surface area contributed by atoms with E-state index in [0.29, 0.717) is 5.56 Å². The van der Waals surface area contributed by atoms with Crippen molar-refractivity contribution in [1.29, 1.82) is 0 Å². The number of nitrogens with one attached hydrogen (secondary N) is 1. The van der Waals surface area contributed by atoms with Crippen LogP contribution in [0.25, 0.3) is 0 Å². The third kappa shape index (κ3) is 3.28. The van der Waals surface area contributed by atoms with E-state index in [1.165, 1.54) is 6.07 Å². The van der Waals surface area contributed by atoms with Gasteiger partial charge in [-0.1, -0.05) is 18.2 Å². The average Bonchev–Trinajstić information content (AvgIpc) is 2.47. The van der Waals surface area contributed by atoms with Crippen molar-refractivity contribution in [2.75, 3.05) is 24.3 Å². The van der Waals surface area contributed by atoms with Crippen molar-refractivity contribution in [2.45, 2.75) is 13.0 Å². The summed E-state index contributed by atoms with van der Waals surface area (Å²) < 4.78 is 0. The molecule has 0 saturated carbocycles. The summed E-state index contributed by atoms with van der Waals surface area (Å²) in [6, 6.07) is 8.45. The van der Waals surface area contributed by atoms with E-state index in [4.69, 9.17) is 0 Å². The van der Waals surface area contributed by atoms with Crippen LogP contribution >= 0.6 is 0 Å². The van der Waals surface area contributed by atoms with Crippen molar-refractivity contribution < 1.29 is 4.92 Å². The molecule has 0 radical (unpaired) electrons. The molecule has 1 N–H and O–H groups in total. The Balaban J connectivity index is 2.31. The molecule has 1 aromatic carbocycles. The van der Waals surface area contributed by atoms with E-state index < -0.39 is 0 Å². The van der Waals surface area contributed by atoms with Crippen LogP contribution in [0, 0.1) is 10.1 Å². The van der Waals surface area contributed by atoms with Crippen LogP contribution < -0.4 is 10.2 Å². The molecule has 0 amide bonds. The van der Waals surface area contributed by atoms with Gasteiger partial charge in [-0.25, -0.2) is 0 Å². The lowest BCUT2D eigenvalue weighted by molar-refractivity contribution is -0.385. The molecule has 1 aromatic heterocycles. The van der Waals surface area contributed by atoms with Crippen LogP contribution in [0.2, 0.25) is 0 Å². The van der Waals surface area contributed by atoms with E-state index >= 15 is 0 Å². The highest BCUT2D eigenvalue weighted by Crippen LogP contribution is 2.30. The maximum atomic E-state index is 11.1. The van der Waals surface area contributed by atoms with Crippen LogP contribution in [0.5, 0.6) is 0 Å². The van der Waals surface area contributed by atoms with Crippen molar-refractivity contribution in [1.82, 2.24) is 4.98 Å². The van der Waals surface area contributed by atoms with Gasteiger partial charge in [-0.3, -0.25) is 15.1 Å². The van der Waals surface area contributed by atoms with Gasteiger partial charge < -0.3 is 10.2 Å². The van der Waals surface area contributed by atoms with Crippen molar-refractivity contribution in [2.24, 2.45) is 0 Å². The molecule has 21 heavy (non-hydrogen) atoms. The van der Waals surface area contributed by atoms with Crippen LogP contribution in [-0.2, 0) is 0 Å². The monoisotopic (exact) mass is 286 g/mol. The Kier molecular flexibility index (Phi) is 4.37. The number of nitrogens with zero attached hydrogens (tertiary/aromatic N) is 3. The third-order valence-corrected chi connectivity index (χ3v) is 3.25. The van der Waals surface area contributed by atoms with Crippen LogP contribution in [0.15, 0.2) is 42.7 Å². The van der Waals surface area contributed by atoms with Gasteiger partial charge in [-0.05, 0) is 13.0 Å². The van der Waals surface area contributed by atoms with E-state index in [1.807, 2.05) is 32.0 Å². The van der Waals surface area contributed by atoms with Gasteiger partial charge in [0.15, 0.2) is 0 Å². The predicted molar refractivity (Wildman–Crippen MR) is 83.7 cm³/mol. The highest BCUT2D eigenvalue weighted by atomic mass is 16.6. The number of benzene rings is 1. The second-order valence-electron chi connectivity index (χ2n) is 4.97. The number of nitro benzene ring substituents is 1. The average molecular weight is 286 g/mol. The summed E-state index contributed by atoms with van der Waals surface area (Å²) in [5.74, 6) is 0. The second kappa shape index (κ2) is 6.21. The number of pyridine rings is 1. The van der Waals surface area contributed by atoms with Gasteiger partial charge in [0, 0.05) is 26.4 Å². The van der Waals surface area contributed by atoms with Gasteiger partial charge in [0.05, 0.1) is 34.1 Å². The zero-order chi connectivity index (χ0) is 15.4. The maximum absolute atomic E-state index is 11.1. The van der Waals surface area contributed by atoms with Gasteiger partial charge in [0.1, 0.15) is 0 Å². The molecule has 110 valence electrons. The fourth-order valence-electron chi connectivity index (χ4n) is 2.22. The lowest BCUT2D eigenvalue weighted by Gasteiger charge is -2.21. The van der Waals surface area contributed by atoms with E-state index in [0.717, 1.165) is 11.4 Å². The predicted octanol–water partition coefficient (Wildman–Crippen LogP) is 3.23. The Bertz CT molecular complexity index is 643. The number of hydrogen-bond donors (Lipinski definition) is 1.